The Bertz CT molecular complexity index is 1410. The number of hydrogen-bond acceptors (Lipinski definition) is 8. The van der Waals surface area contributed by atoms with Gasteiger partial charge in [-0.15, -0.1) is 0 Å². The molecule has 0 aliphatic rings. The van der Waals surface area contributed by atoms with Crippen LogP contribution in [0.4, 0.5) is 0 Å². The summed E-state index contributed by atoms with van der Waals surface area (Å²) in [6.45, 7) is 0. The number of aromatic amines is 1. The largest absolute Gasteiger partial charge is 0.496 e. The van der Waals surface area contributed by atoms with Crippen LogP contribution < -0.4 is 10.3 Å². The van der Waals surface area contributed by atoms with Crippen molar-refractivity contribution in [3.05, 3.63) is 77.0 Å². The van der Waals surface area contributed by atoms with Crippen molar-refractivity contribution in [3.63, 3.8) is 0 Å². The number of aromatic nitrogens is 6. The molecule has 0 unspecified atom stereocenters. The lowest BCUT2D eigenvalue weighted by molar-refractivity contribution is 0.390. The van der Waals surface area contributed by atoms with Gasteiger partial charge < -0.3 is 14.2 Å². The van der Waals surface area contributed by atoms with E-state index in [1.54, 1.807) is 11.8 Å². The Balaban J connectivity index is 1.41. The summed E-state index contributed by atoms with van der Waals surface area (Å²) in [5.41, 5.74) is 1.79. The highest BCUT2D eigenvalue weighted by molar-refractivity contribution is 7.98. The molecule has 0 aliphatic heterocycles. The number of hydrogen-bond donors (Lipinski definition) is 1. The molecule has 31 heavy (non-hydrogen) atoms. The Morgan fingerprint density at radius 1 is 1.10 bits per heavy atom. The zero-order valence-corrected chi connectivity index (χ0v) is 17.2. The zero-order chi connectivity index (χ0) is 21.2. The molecule has 0 aliphatic carbocycles. The van der Waals surface area contributed by atoms with Gasteiger partial charge in [-0.25, -0.2) is 9.67 Å². The molecule has 0 amide bonds. The number of fused-ring (bicyclic) bond motifs is 1. The van der Waals surface area contributed by atoms with Crippen molar-refractivity contribution in [2.24, 2.45) is 0 Å². The van der Waals surface area contributed by atoms with Crippen LogP contribution in [0.25, 0.3) is 28.1 Å². The second kappa shape index (κ2) is 8.07. The van der Waals surface area contributed by atoms with E-state index in [1.165, 1.54) is 18.0 Å². The fourth-order valence-electron chi connectivity index (χ4n) is 3.11. The molecule has 5 aromatic rings. The van der Waals surface area contributed by atoms with E-state index < -0.39 is 0 Å². The maximum atomic E-state index is 12.5. The predicted octanol–water partition coefficient (Wildman–Crippen LogP) is 3.46. The van der Waals surface area contributed by atoms with Crippen molar-refractivity contribution in [3.8, 4) is 22.8 Å². The molecule has 0 saturated heterocycles. The maximum absolute atomic E-state index is 12.5. The van der Waals surface area contributed by atoms with Crippen molar-refractivity contribution in [1.82, 2.24) is 29.9 Å². The van der Waals surface area contributed by atoms with Gasteiger partial charge in [-0.2, -0.15) is 10.1 Å². The summed E-state index contributed by atoms with van der Waals surface area (Å²) in [4.78, 5) is 24.3. The number of ether oxygens (including phenoxy) is 1. The average Bonchev–Trinajstić information content (AvgIpc) is 3.46. The van der Waals surface area contributed by atoms with Crippen LogP contribution in [-0.2, 0) is 5.75 Å². The molecule has 0 atom stereocenters. The van der Waals surface area contributed by atoms with Gasteiger partial charge in [-0.3, -0.25) is 4.79 Å². The molecule has 1 N–H and O–H groups in total. The first-order valence-corrected chi connectivity index (χ1v) is 10.3. The standard InChI is InChI=1S/C21H16N6O3S/c1-29-16-10-6-5-9-14(16)18-23-17(30-26-18)12-31-21-24-19-15(20(28)25-21)11-22-27(19)13-7-3-2-4-8-13/h2-11H,12H2,1H3,(H,24,25,28). The van der Waals surface area contributed by atoms with Crippen molar-refractivity contribution < 1.29 is 9.26 Å². The highest BCUT2D eigenvalue weighted by Gasteiger charge is 2.15. The molecule has 2 aromatic carbocycles. The Labute approximate surface area is 180 Å². The van der Waals surface area contributed by atoms with Crippen molar-refractivity contribution in [2.75, 3.05) is 7.11 Å². The second-order valence-electron chi connectivity index (χ2n) is 6.50. The van der Waals surface area contributed by atoms with E-state index in [9.17, 15) is 4.79 Å². The summed E-state index contributed by atoms with van der Waals surface area (Å²) >= 11 is 1.29. The highest BCUT2D eigenvalue weighted by Crippen LogP contribution is 2.28. The minimum atomic E-state index is -0.255. The van der Waals surface area contributed by atoms with Crippen LogP contribution in [0.5, 0.6) is 5.75 Å². The first-order chi connectivity index (χ1) is 15.2. The van der Waals surface area contributed by atoms with E-state index in [0.29, 0.717) is 39.4 Å². The number of benzene rings is 2. The van der Waals surface area contributed by atoms with Crippen LogP contribution in [0.3, 0.4) is 0 Å². The fourth-order valence-corrected chi connectivity index (χ4v) is 3.80. The molecule has 3 heterocycles. The van der Waals surface area contributed by atoms with Crippen LogP contribution in [0.2, 0.25) is 0 Å². The highest BCUT2D eigenvalue weighted by atomic mass is 32.2. The van der Waals surface area contributed by atoms with Crippen molar-refractivity contribution >= 4 is 22.8 Å². The van der Waals surface area contributed by atoms with E-state index >= 15 is 0 Å². The molecule has 0 bridgehead atoms. The third kappa shape index (κ3) is 3.68. The third-order valence-electron chi connectivity index (χ3n) is 4.57. The molecular weight excluding hydrogens is 416 g/mol. The number of nitrogens with zero attached hydrogens (tertiary/aromatic N) is 5. The minimum Gasteiger partial charge on any atom is -0.496 e. The van der Waals surface area contributed by atoms with E-state index in [0.717, 1.165) is 11.3 Å². The first kappa shape index (κ1) is 19.1. The number of thioether (sulfide) groups is 1. The third-order valence-corrected chi connectivity index (χ3v) is 5.42. The molecule has 10 heteroatoms. The van der Waals surface area contributed by atoms with E-state index in [-0.39, 0.29) is 5.56 Å². The monoisotopic (exact) mass is 432 g/mol. The number of rotatable bonds is 6. The molecule has 3 aromatic heterocycles. The maximum Gasteiger partial charge on any atom is 0.262 e. The van der Waals surface area contributed by atoms with E-state index in [2.05, 4.69) is 25.2 Å². The molecule has 9 nitrogen and oxygen atoms in total. The predicted molar refractivity (Wildman–Crippen MR) is 115 cm³/mol. The quantitative estimate of drug-likeness (QED) is 0.321. The molecule has 0 fully saturated rings. The molecule has 0 spiro atoms. The summed E-state index contributed by atoms with van der Waals surface area (Å²) < 4.78 is 12.3. The smallest absolute Gasteiger partial charge is 0.262 e. The zero-order valence-electron chi connectivity index (χ0n) is 16.3. The van der Waals surface area contributed by atoms with E-state index in [4.69, 9.17) is 9.26 Å². The Kier molecular flexibility index (Phi) is 4.97. The van der Waals surface area contributed by atoms with Gasteiger partial charge in [0.2, 0.25) is 11.7 Å². The van der Waals surface area contributed by atoms with Crippen molar-refractivity contribution in [1.29, 1.82) is 0 Å². The average molecular weight is 432 g/mol. The van der Waals surface area contributed by atoms with Gasteiger partial charge in [0.1, 0.15) is 11.1 Å². The number of H-pyrrole nitrogens is 1. The van der Waals surface area contributed by atoms with Gasteiger partial charge in [0.25, 0.3) is 5.56 Å². The normalized spacial score (nSPS) is 11.1. The molecule has 154 valence electrons. The Morgan fingerprint density at radius 3 is 2.74 bits per heavy atom. The van der Waals surface area contributed by atoms with Crippen LogP contribution in [0.15, 0.2) is 75.3 Å². The molecule has 0 radical (unpaired) electrons. The van der Waals surface area contributed by atoms with Gasteiger partial charge in [0.15, 0.2) is 10.8 Å². The lowest BCUT2D eigenvalue weighted by atomic mass is 10.2. The van der Waals surface area contributed by atoms with Crippen molar-refractivity contribution in [2.45, 2.75) is 10.9 Å². The number of para-hydroxylation sites is 2. The van der Waals surface area contributed by atoms with Crippen LogP contribution in [-0.4, -0.2) is 37.0 Å². The van der Waals surface area contributed by atoms with Gasteiger partial charge >= 0.3 is 0 Å². The molecule has 0 saturated carbocycles. The van der Waals surface area contributed by atoms with Crippen LogP contribution in [0, 0.1) is 0 Å². The summed E-state index contributed by atoms with van der Waals surface area (Å²) in [5, 5.41) is 9.20. The van der Waals surface area contributed by atoms with Gasteiger partial charge in [-0.05, 0) is 24.3 Å². The van der Waals surface area contributed by atoms with Gasteiger partial charge in [-0.1, -0.05) is 47.3 Å². The fraction of sp³-hybridized carbons (Fsp3) is 0.0952. The summed E-state index contributed by atoms with van der Waals surface area (Å²) in [6.07, 6.45) is 1.51. The lowest BCUT2D eigenvalue weighted by Crippen LogP contribution is -2.09. The Morgan fingerprint density at radius 2 is 1.90 bits per heavy atom. The minimum absolute atomic E-state index is 0.255. The SMILES string of the molecule is COc1ccccc1-c1noc(CSc2nc3c(cnn3-c3ccccc3)c(=O)[nH]2)n1. The molecular formula is C21H16N6O3S. The first-order valence-electron chi connectivity index (χ1n) is 9.35. The lowest BCUT2D eigenvalue weighted by Gasteiger charge is -2.03. The summed E-state index contributed by atoms with van der Waals surface area (Å²) in [7, 11) is 1.59. The number of nitrogens with one attached hydrogen (secondary N) is 1. The van der Waals surface area contributed by atoms with Gasteiger partial charge in [0, 0.05) is 0 Å². The Hall–Kier alpha value is -3.92. The van der Waals surface area contributed by atoms with Crippen LogP contribution >= 0.6 is 11.8 Å². The van der Waals surface area contributed by atoms with Gasteiger partial charge in [0.05, 0.1) is 30.3 Å². The summed E-state index contributed by atoms with van der Waals surface area (Å²) in [5.74, 6) is 1.85. The molecule has 5 rings (SSSR count). The topological polar surface area (TPSA) is 112 Å². The summed E-state index contributed by atoms with van der Waals surface area (Å²) in [6, 6.07) is 17.0. The second-order valence-corrected chi connectivity index (χ2v) is 7.47. The number of methoxy groups -OCH3 is 1. The van der Waals surface area contributed by atoms with E-state index in [1.807, 2.05) is 54.6 Å². The van der Waals surface area contributed by atoms with Crippen LogP contribution in [0.1, 0.15) is 5.89 Å².